The van der Waals surface area contributed by atoms with Crippen LogP contribution < -0.4 is 16.7 Å². The number of halogens is 1. The molecule has 0 saturated carbocycles. The number of carbonyl (C=O) groups is 1. The summed E-state index contributed by atoms with van der Waals surface area (Å²) in [5.41, 5.74) is 7.12. The summed E-state index contributed by atoms with van der Waals surface area (Å²) in [4.78, 5) is 55.5. The molecule has 5 atom stereocenters. The number of fused-ring (bicyclic) bond motifs is 3. The van der Waals surface area contributed by atoms with Crippen molar-refractivity contribution < 1.29 is 28.3 Å². The first-order chi connectivity index (χ1) is 19.9. The molecule has 0 bridgehead atoms. The van der Waals surface area contributed by atoms with E-state index in [1.165, 1.54) is 23.4 Å². The number of benzene rings is 2. The number of H-pyrrole nitrogens is 1. The van der Waals surface area contributed by atoms with Crippen molar-refractivity contribution in [2.45, 2.75) is 57.3 Å². The second-order valence-electron chi connectivity index (χ2n) is 10.0. The van der Waals surface area contributed by atoms with Crippen molar-refractivity contribution >= 4 is 11.9 Å². The largest absolute Gasteiger partial charge is 0.462 e. The monoisotopic (exact) mass is 563 g/mol. The molecule has 2 aromatic carbocycles. The highest BCUT2D eigenvalue weighted by molar-refractivity contribution is 5.78. The average Bonchev–Trinajstić information content (AvgIpc) is 3.53. The van der Waals surface area contributed by atoms with E-state index in [2.05, 4.69) is 28.7 Å². The molecule has 0 radical (unpaired) electrons. The summed E-state index contributed by atoms with van der Waals surface area (Å²) in [6, 6.07) is 14.3. The lowest BCUT2D eigenvalue weighted by molar-refractivity contribution is -0.158. The van der Waals surface area contributed by atoms with Crippen molar-refractivity contribution in [3.8, 4) is 11.1 Å². The third-order valence-electron chi connectivity index (χ3n) is 7.53. The molecule has 2 N–H and O–H groups in total. The molecular weight excluding hydrogens is 533 g/mol. The summed E-state index contributed by atoms with van der Waals surface area (Å²) in [5.74, 6) is 0.374. The second kappa shape index (κ2) is 12.6. The molecule has 1 aliphatic carbocycles. The first kappa shape index (κ1) is 28.4. The molecule has 1 fully saturated rings. The van der Waals surface area contributed by atoms with Crippen LogP contribution in [0.2, 0.25) is 0 Å². The number of esters is 1. The lowest BCUT2D eigenvalue weighted by Gasteiger charge is -2.23. The Labute approximate surface area is 234 Å². The van der Waals surface area contributed by atoms with Gasteiger partial charge in [0.25, 0.3) is 5.56 Å². The summed E-state index contributed by atoms with van der Waals surface area (Å²) in [7, 11) is 0. The first-order valence-corrected chi connectivity index (χ1v) is 13.4. The Hall–Kier alpha value is -4.15. The van der Waals surface area contributed by atoms with Crippen LogP contribution >= 0.6 is 0 Å². The minimum atomic E-state index is -1.52. The van der Waals surface area contributed by atoms with Gasteiger partial charge in [0.05, 0.1) is 6.61 Å². The summed E-state index contributed by atoms with van der Waals surface area (Å²) in [6.45, 7) is 1.54. The summed E-state index contributed by atoms with van der Waals surface area (Å²) in [5, 5.41) is 0. The Balaban J connectivity index is 1.22. The van der Waals surface area contributed by atoms with Gasteiger partial charge in [-0.05, 0) is 40.7 Å². The van der Waals surface area contributed by atoms with Crippen LogP contribution in [-0.4, -0.2) is 46.4 Å². The number of aromatic nitrogens is 2. The topological polar surface area (TPSA) is 129 Å². The molecule has 1 saturated heterocycles. The van der Waals surface area contributed by atoms with Crippen LogP contribution in [0.15, 0.2) is 70.4 Å². The molecular formula is C30H30FN3O7. The minimum absolute atomic E-state index is 0.157. The Morgan fingerprint density at radius 1 is 1.22 bits per heavy atom. The van der Waals surface area contributed by atoms with Gasteiger partial charge in [-0.1, -0.05) is 49.4 Å². The SMILES string of the molecule is CC[C@H](C=C=O)[C@H](NOCc1cccc2c1Cc1ccccc1-2)C(=O)OC[C@H]1O[C@@H](n2ccc(=O)[nH]c2=O)C[C@@H]1F. The molecule has 41 heavy (non-hydrogen) atoms. The molecule has 1 aliphatic heterocycles. The number of alkyl halides is 1. The van der Waals surface area contributed by atoms with Gasteiger partial charge >= 0.3 is 11.7 Å². The van der Waals surface area contributed by atoms with Crippen LogP contribution in [0.3, 0.4) is 0 Å². The number of aromatic amines is 1. The number of hydrogen-bond donors (Lipinski definition) is 2. The van der Waals surface area contributed by atoms with E-state index in [0.717, 1.165) is 33.7 Å². The van der Waals surface area contributed by atoms with E-state index in [0.29, 0.717) is 6.42 Å². The van der Waals surface area contributed by atoms with Crippen molar-refractivity contribution in [1.29, 1.82) is 0 Å². The van der Waals surface area contributed by atoms with Crippen LogP contribution in [-0.2, 0) is 36.9 Å². The summed E-state index contributed by atoms with van der Waals surface area (Å²) in [6.07, 6.45) is -0.130. The number of ether oxygens (including phenoxy) is 2. The molecule has 2 heterocycles. The molecule has 0 spiro atoms. The van der Waals surface area contributed by atoms with Crippen molar-refractivity contribution in [2.75, 3.05) is 6.61 Å². The number of hydrogen-bond acceptors (Lipinski definition) is 8. The Bertz CT molecular complexity index is 1580. The molecule has 0 amide bonds. The van der Waals surface area contributed by atoms with E-state index in [1.54, 1.807) is 12.9 Å². The fraction of sp³-hybridized carbons (Fsp3) is 0.367. The van der Waals surface area contributed by atoms with Gasteiger partial charge in [0.15, 0.2) is 0 Å². The number of nitrogens with zero attached hydrogens (tertiary/aromatic N) is 1. The van der Waals surface area contributed by atoms with Crippen LogP contribution in [0.5, 0.6) is 0 Å². The highest BCUT2D eigenvalue weighted by Gasteiger charge is 2.38. The normalized spacial score (nSPS) is 20.5. The lowest BCUT2D eigenvalue weighted by atomic mass is 9.98. The van der Waals surface area contributed by atoms with Gasteiger partial charge in [0, 0.05) is 30.7 Å². The Morgan fingerprint density at radius 2 is 2.02 bits per heavy atom. The van der Waals surface area contributed by atoms with E-state index in [-0.39, 0.29) is 13.0 Å². The standard InChI is InChI=1S/C30H30FN3O7/c1-2-18(11-13-35)28(33-40-16-20-7-5-9-22-21-8-4-3-6-19(21)14-23(20)22)29(37)39-17-25-24(31)15-27(41-25)34-12-10-26(36)32-30(34)38/h3-12,18,24-25,27-28,33H,2,14-17H2,1H3,(H,32,36,38)/t18-,24+,25-,27-,28+/m1/s1. The maximum atomic E-state index is 14.7. The first-order valence-electron chi connectivity index (χ1n) is 13.4. The fourth-order valence-electron chi connectivity index (χ4n) is 5.33. The molecule has 3 aromatic rings. The highest BCUT2D eigenvalue weighted by Crippen LogP contribution is 2.38. The summed E-state index contributed by atoms with van der Waals surface area (Å²) < 4.78 is 26.8. The number of carbonyl (C=O) groups excluding carboxylic acids is 2. The fourth-order valence-corrected chi connectivity index (χ4v) is 5.33. The predicted octanol–water partition coefficient (Wildman–Crippen LogP) is 2.78. The quantitative estimate of drug-likeness (QED) is 0.162. The summed E-state index contributed by atoms with van der Waals surface area (Å²) >= 11 is 0. The van der Waals surface area contributed by atoms with Crippen molar-refractivity contribution in [3.05, 3.63) is 98.3 Å². The van der Waals surface area contributed by atoms with E-state index in [4.69, 9.17) is 14.3 Å². The zero-order chi connectivity index (χ0) is 28.9. The Kier molecular flexibility index (Phi) is 8.70. The number of nitrogens with one attached hydrogen (secondary N) is 2. The van der Waals surface area contributed by atoms with Gasteiger partial charge in [-0.2, -0.15) is 5.48 Å². The van der Waals surface area contributed by atoms with Gasteiger partial charge in [0.1, 0.15) is 37.1 Å². The molecule has 214 valence electrons. The minimum Gasteiger partial charge on any atom is -0.462 e. The van der Waals surface area contributed by atoms with Crippen LogP contribution in [0.25, 0.3) is 11.1 Å². The Morgan fingerprint density at radius 3 is 2.80 bits per heavy atom. The molecule has 11 heteroatoms. The smallest absolute Gasteiger partial charge is 0.330 e. The zero-order valence-corrected chi connectivity index (χ0v) is 22.4. The number of hydroxylamine groups is 1. The third kappa shape index (κ3) is 6.13. The maximum Gasteiger partial charge on any atom is 0.330 e. The molecule has 5 rings (SSSR count). The van der Waals surface area contributed by atoms with Crippen LogP contribution in [0, 0.1) is 5.92 Å². The van der Waals surface area contributed by atoms with E-state index in [1.807, 2.05) is 24.3 Å². The number of rotatable bonds is 11. The van der Waals surface area contributed by atoms with Crippen LogP contribution in [0.4, 0.5) is 4.39 Å². The van der Waals surface area contributed by atoms with Crippen LogP contribution in [0.1, 0.15) is 42.7 Å². The van der Waals surface area contributed by atoms with E-state index >= 15 is 0 Å². The maximum absolute atomic E-state index is 14.7. The van der Waals surface area contributed by atoms with Gasteiger partial charge < -0.3 is 9.47 Å². The zero-order valence-electron chi connectivity index (χ0n) is 22.4. The lowest BCUT2D eigenvalue weighted by Crippen LogP contribution is -2.44. The highest BCUT2D eigenvalue weighted by atomic mass is 19.1. The second-order valence-corrected chi connectivity index (χ2v) is 10.0. The molecule has 2 aliphatic rings. The van der Waals surface area contributed by atoms with Crippen molar-refractivity contribution in [2.24, 2.45) is 5.92 Å². The molecule has 10 nitrogen and oxygen atoms in total. The molecule has 1 aromatic heterocycles. The van der Waals surface area contributed by atoms with E-state index < -0.39 is 54.3 Å². The average molecular weight is 564 g/mol. The van der Waals surface area contributed by atoms with Gasteiger partial charge in [-0.25, -0.2) is 14.0 Å². The van der Waals surface area contributed by atoms with Gasteiger partial charge in [-0.15, -0.1) is 0 Å². The van der Waals surface area contributed by atoms with Crippen molar-refractivity contribution in [1.82, 2.24) is 15.0 Å². The van der Waals surface area contributed by atoms with Crippen molar-refractivity contribution in [3.63, 3.8) is 0 Å². The third-order valence-corrected chi connectivity index (χ3v) is 7.53. The van der Waals surface area contributed by atoms with E-state index in [9.17, 15) is 23.6 Å². The predicted molar refractivity (Wildman–Crippen MR) is 146 cm³/mol. The molecule has 0 unspecified atom stereocenters. The van der Waals surface area contributed by atoms with Gasteiger partial charge in [-0.3, -0.25) is 24.0 Å². The van der Waals surface area contributed by atoms with Gasteiger partial charge in [0.2, 0.25) is 0 Å².